The minimum atomic E-state index is -0.371. The SMILES string of the molecule is CC(=O)c1ccccc1CNC(=O)C1(C(C)C)CCC(N2CCC(c3ccc(F)cc3)CC2)C1. The maximum absolute atomic E-state index is 13.5. The zero-order valence-electron chi connectivity index (χ0n) is 20.6. The summed E-state index contributed by atoms with van der Waals surface area (Å²) >= 11 is 0. The van der Waals surface area contributed by atoms with E-state index in [2.05, 4.69) is 24.1 Å². The number of carbonyl (C=O) groups is 2. The van der Waals surface area contributed by atoms with E-state index in [0.29, 0.717) is 24.1 Å². The van der Waals surface area contributed by atoms with Gasteiger partial charge in [0.25, 0.3) is 0 Å². The second kappa shape index (κ2) is 10.4. The van der Waals surface area contributed by atoms with Crippen LogP contribution in [0.4, 0.5) is 4.39 Å². The summed E-state index contributed by atoms with van der Waals surface area (Å²) in [4.78, 5) is 28.0. The molecule has 1 amide bonds. The van der Waals surface area contributed by atoms with Gasteiger partial charge in [-0.1, -0.05) is 50.2 Å². The Balaban J connectivity index is 1.37. The Kier molecular flexibility index (Phi) is 7.51. The van der Waals surface area contributed by atoms with Gasteiger partial charge in [0.05, 0.1) is 5.41 Å². The van der Waals surface area contributed by atoms with E-state index in [0.717, 1.165) is 50.8 Å². The van der Waals surface area contributed by atoms with E-state index < -0.39 is 0 Å². The van der Waals surface area contributed by atoms with Crippen molar-refractivity contribution in [1.29, 1.82) is 0 Å². The van der Waals surface area contributed by atoms with Crippen molar-refractivity contribution in [3.05, 3.63) is 71.0 Å². The fourth-order valence-electron chi connectivity index (χ4n) is 6.06. The van der Waals surface area contributed by atoms with Gasteiger partial charge in [0, 0.05) is 18.2 Å². The molecule has 4 rings (SSSR count). The van der Waals surface area contributed by atoms with Crippen LogP contribution in [0.5, 0.6) is 0 Å². The van der Waals surface area contributed by atoms with Crippen LogP contribution in [-0.4, -0.2) is 35.7 Å². The quantitative estimate of drug-likeness (QED) is 0.533. The van der Waals surface area contributed by atoms with Gasteiger partial charge in [-0.05, 0) is 87.2 Å². The van der Waals surface area contributed by atoms with Crippen LogP contribution in [0.2, 0.25) is 0 Å². The molecule has 4 nitrogen and oxygen atoms in total. The van der Waals surface area contributed by atoms with Crippen LogP contribution in [0.3, 0.4) is 0 Å². The first-order valence-electron chi connectivity index (χ1n) is 12.7. The maximum Gasteiger partial charge on any atom is 0.226 e. The monoisotopic (exact) mass is 464 g/mol. The number of hydrogen-bond acceptors (Lipinski definition) is 3. The summed E-state index contributed by atoms with van der Waals surface area (Å²) < 4.78 is 13.3. The normalized spacial score (nSPS) is 23.9. The highest BCUT2D eigenvalue weighted by molar-refractivity contribution is 5.95. The first-order chi connectivity index (χ1) is 16.3. The molecule has 5 heteroatoms. The number of ketones is 1. The molecule has 1 saturated heterocycles. The maximum atomic E-state index is 13.5. The molecule has 0 aromatic heterocycles. The van der Waals surface area contributed by atoms with Crippen molar-refractivity contribution in [3.63, 3.8) is 0 Å². The molecule has 1 saturated carbocycles. The predicted molar refractivity (Wildman–Crippen MR) is 133 cm³/mol. The topological polar surface area (TPSA) is 49.4 Å². The summed E-state index contributed by atoms with van der Waals surface area (Å²) in [5.41, 5.74) is 2.41. The Morgan fingerprint density at radius 3 is 2.38 bits per heavy atom. The Morgan fingerprint density at radius 1 is 1.06 bits per heavy atom. The van der Waals surface area contributed by atoms with E-state index in [1.165, 1.54) is 5.56 Å². The lowest BCUT2D eigenvalue weighted by Gasteiger charge is -2.38. The molecule has 2 unspecified atom stereocenters. The van der Waals surface area contributed by atoms with Crippen LogP contribution in [0.1, 0.15) is 80.3 Å². The summed E-state index contributed by atoms with van der Waals surface area (Å²) in [5.74, 6) is 0.688. The highest BCUT2D eigenvalue weighted by Crippen LogP contribution is 2.47. The lowest BCUT2D eigenvalue weighted by Crippen LogP contribution is -2.45. The van der Waals surface area contributed by atoms with E-state index in [-0.39, 0.29) is 28.8 Å². The third-order valence-corrected chi connectivity index (χ3v) is 8.30. The molecule has 2 fully saturated rings. The van der Waals surface area contributed by atoms with Crippen molar-refractivity contribution in [1.82, 2.24) is 10.2 Å². The van der Waals surface area contributed by atoms with Gasteiger partial charge < -0.3 is 10.2 Å². The number of benzene rings is 2. The van der Waals surface area contributed by atoms with Gasteiger partial charge in [0.15, 0.2) is 5.78 Å². The number of rotatable bonds is 7. The smallest absolute Gasteiger partial charge is 0.226 e. The van der Waals surface area contributed by atoms with Gasteiger partial charge in [0.2, 0.25) is 5.91 Å². The van der Waals surface area contributed by atoms with Crippen molar-refractivity contribution in [3.8, 4) is 0 Å². The molecule has 0 spiro atoms. The summed E-state index contributed by atoms with van der Waals surface area (Å²) in [7, 11) is 0. The molecule has 1 N–H and O–H groups in total. The Morgan fingerprint density at radius 2 is 1.74 bits per heavy atom. The predicted octanol–water partition coefficient (Wildman–Crippen LogP) is 5.72. The number of nitrogens with one attached hydrogen (secondary N) is 1. The molecule has 182 valence electrons. The highest BCUT2D eigenvalue weighted by atomic mass is 19.1. The van der Waals surface area contributed by atoms with Gasteiger partial charge >= 0.3 is 0 Å². The number of likely N-dealkylation sites (tertiary alicyclic amines) is 1. The van der Waals surface area contributed by atoms with Gasteiger partial charge in [-0.25, -0.2) is 4.39 Å². The van der Waals surface area contributed by atoms with Crippen molar-refractivity contribution < 1.29 is 14.0 Å². The van der Waals surface area contributed by atoms with E-state index in [4.69, 9.17) is 0 Å². The fraction of sp³-hybridized carbons (Fsp3) is 0.517. The van der Waals surface area contributed by atoms with Gasteiger partial charge in [-0.2, -0.15) is 0 Å². The lowest BCUT2D eigenvalue weighted by atomic mass is 9.74. The van der Waals surface area contributed by atoms with Crippen molar-refractivity contribution >= 4 is 11.7 Å². The summed E-state index contributed by atoms with van der Waals surface area (Å²) in [6, 6.07) is 14.9. The molecular formula is C29H37FN2O2. The van der Waals surface area contributed by atoms with Gasteiger partial charge in [-0.15, -0.1) is 0 Å². The number of nitrogens with zero attached hydrogens (tertiary/aromatic N) is 1. The average molecular weight is 465 g/mol. The molecule has 0 bridgehead atoms. The van der Waals surface area contributed by atoms with Crippen LogP contribution in [0.15, 0.2) is 48.5 Å². The highest BCUT2D eigenvalue weighted by Gasteiger charge is 2.49. The number of hydrogen-bond donors (Lipinski definition) is 1. The third kappa shape index (κ3) is 5.10. The van der Waals surface area contributed by atoms with Crippen LogP contribution in [0, 0.1) is 17.2 Å². The van der Waals surface area contributed by atoms with E-state index >= 15 is 0 Å². The summed E-state index contributed by atoms with van der Waals surface area (Å²) in [5, 5.41) is 3.17. The molecule has 1 heterocycles. The van der Waals surface area contributed by atoms with Crippen molar-refractivity contribution in [2.45, 2.75) is 71.4 Å². The summed E-state index contributed by atoms with van der Waals surface area (Å²) in [6.07, 6.45) is 4.96. The van der Waals surface area contributed by atoms with Crippen LogP contribution >= 0.6 is 0 Å². The fourth-order valence-corrected chi connectivity index (χ4v) is 6.06. The van der Waals surface area contributed by atoms with Crippen LogP contribution < -0.4 is 5.32 Å². The minimum absolute atomic E-state index is 0.0217. The van der Waals surface area contributed by atoms with E-state index in [9.17, 15) is 14.0 Å². The molecule has 1 aliphatic carbocycles. The molecular weight excluding hydrogens is 427 g/mol. The molecule has 2 aromatic carbocycles. The number of halogens is 1. The average Bonchev–Trinajstić information content (AvgIpc) is 3.30. The second-order valence-electron chi connectivity index (χ2n) is 10.5. The Bertz CT molecular complexity index is 1010. The van der Waals surface area contributed by atoms with Crippen LogP contribution in [0.25, 0.3) is 0 Å². The van der Waals surface area contributed by atoms with Gasteiger partial charge in [-0.3, -0.25) is 9.59 Å². The molecule has 2 aromatic rings. The lowest BCUT2D eigenvalue weighted by molar-refractivity contribution is -0.133. The molecule has 34 heavy (non-hydrogen) atoms. The van der Waals surface area contributed by atoms with Crippen LogP contribution in [-0.2, 0) is 11.3 Å². The van der Waals surface area contributed by atoms with E-state index in [1.807, 2.05) is 36.4 Å². The second-order valence-corrected chi connectivity index (χ2v) is 10.5. The van der Waals surface area contributed by atoms with Crippen molar-refractivity contribution in [2.24, 2.45) is 11.3 Å². The third-order valence-electron chi connectivity index (χ3n) is 8.30. The number of piperidine rings is 1. The Labute approximate surface area is 202 Å². The molecule has 1 aliphatic heterocycles. The largest absolute Gasteiger partial charge is 0.352 e. The van der Waals surface area contributed by atoms with Gasteiger partial charge in [0.1, 0.15) is 5.82 Å². The van der Waals surface area contributed by atoms with Crippen molar-refractivity contribution in [2.75, 3.05) is 13.1 Å². The molecule has 2 aliphatic rings. The van der Waals surface area contributed by atoms with E-state index in [1.54, 1.807) is 19.1 Å². The first-order valence-corrected chi connectivity index (χ1v) is 12.7. The number of Topliss-reactive ketones (excluding diaryl/α,β-unsaturated/α-hetero) is 1. The Hall–Kier alpha value is -2.53. The number of amides is 1. The summed E-state index contributed by atoms with van der Waals surface area (Å²) in [6.45, 7) is 8.31. The minimum Gasteiger partial charge on any atom is -0.352 e. The zero-order valence-corrected chi connectivity index (χ0v) is 20.6. The standard InChI is InChI=1S/C29H37FN2O2/c1-20(2)29(28(34)31-19-24-6-4-5-7-27(24)21(3)33)15-12-26(18-29)32-16-13-23(14-17-32)22-8-10-25(30)11-9-22/h4-11,20,23,26H,12-19H2,1-3H3,(H,31,34). The molecule has 2 atom stereocenters. The first kappa shape index (κ1) is 24.6. The zero-order chi connectivity index (χ0) is 24.3. The molecule has 0 radical (unpaired) electrons. The number of carbonyl (C=O) groups excluding carboxylic acids is 2.